The summed E-state index contributed by atoms with van der Waals surface area (Å²) in [4.78, 5) is 21.7. The molecule has 0 aliphatic carbocycles. The molecule has 22 rings (SSSR count). The molecule has 0 aliphatic heterocycles. The second-order valence-electron chi connectivity index (χ2n) is 28.5. The Labute approximate surface area is 633 Å². The minimum atomic E-state index is 0.640. The van der Waals surface area contributed by atoms with E-state index in [1.807, 2.05) is 54.6 Å². The van der Waals surface area contributed by atoms with E-state index in [0.29, 0.717) is 11.4 Å². The highest BCUT2D eigenvalue weighted by Gasteiger charge is 2.20. The average Bonchev–Trinajstić information content (AvgIpc) is 0.992. The molecule has 5 heterocycles. The molecule has 0 atom stereocenters. The summed E-state index contributed by atoms with van der Waals surface area (Å²) >= 11 is 0. The summed E-state index contributed by atoms with van der Waals surface area (Å²) in [5, 5.41) is 19.7. The zero-order chi connectivity index (χ0) is 72.9. The van der Waals surface area contributed by atoms with Gasteiger partial charge in [0.2, 0.25) is 0 Å². The van der Waals surface area contributed by atoms with Gasteiger partial charge in [-0.15, -0.1) is 0 Å². The highest BCUT2D eigenvalue weighted by atomic mass is 15.0. The Balaban J connectivity index is 0.000000140. The third-order valence-corrected chi connectivity index (χ3v) is 22.1. The Hall–Kier alpha value is -15.2. The number of fused-ring (bicyclic) bond motifs is 6. The van der Waals surface area contributed by atoms with E-state index in [4.69, 9.17) is 23.1 Å². The van der Waals surface area contributed by atoms with Crippen molar-refractivity contribution in [1.82, 2.24) is 24.1 Å². The van der Waals surface area contributed by atoms with Crippen LogP contribution in [-0.2, 0) is 0 Å². The molecular formula is C103H61N7. The lowest BCUT2D eigenvalue weighted by Gasteiger charge is -2.15. The van der Waals surface area contributed by atoms with E-state index in [0.717, 1.165) is 111 Å². The van der Waals surface area contributed by atoms with Gasteiger partial charge in [0, 0.05) is 78.6 Å². The molecule has 0 bridgehead atoms. The largest absolute Gasteiger partial charge is 0.310 e. The minimum absolute atomic E-state index is 0.640. The van der Waals surface area contributed by atoms with Crippen molar-refractivity contribution >= 4 is 120 Å². The third kappa shape index (κ3) is 10.8. The number of hydrogen-bond acceptors (Lipinski definition) is 3. The number of rotatable bonds is 10. The predicted molar refractivity (Wildman–Crippen MR) is 458 cm³/mol. The molecule has 0 spiro atoms. The summed E-state index contributed by atoms with van der Waals surface area (Å²) in [5.74, 6) is 0. The Kier molecular flexibility index (Phi) is 14.9. The Morgan fingerprint density at radius 3 is 0.836 bits per heavy atom. The van der Waals surface area contributed by atoms with Gasteiger partial charge in [0.15, 0.2) is 11.4 Å². The molecule has 508 valence electrons. The van der Waals surface area contributed by atoms with E-state index in [-0.39, 0.29) is 0 Å². The molecule has 0 amide bonds. The van der Waals surface area contributed by atoms with Crippen LogP contribution in [-0.4, -0.2) is 24.1 Å². The maximum atomic E-state index is 7.62. The second-order valence-corrected chi connectivity index (χ2v) is 28.5. The molecule has 0 fully saturated rings. The van der Waals surface area contributed by atoms with Crippen LogP contribution in [0.1, 0.15) is 0 Å². The van der Waals surface area contributed by atoms with Gasteiger partial charge in [-0.2, -0.15) is 0 Å². The van der Waals surface area contributed by atoms with E-state index < -0.39 is 0 Å². The molecule has 0 unspecified atom stereocenters. The van der Waals surface area contributed by atoms with Crippen LogP contribution in [0.15, 0.2) is 370 Å². The van der Waals surface area contributed by atoms with Gasteiger partial charge >= 0.3 is 0 Å². The van der Waals surface area contributed by atoms with Gasteiger partial charge in [0.1, 0.15) is 0 Å². The fourth-order valence-electron chi connectivity index (χ4n) is 16.9. The molecule has 7 heteroatoms. The van der Waals surface area contributed by atoms with Crippen molar-refractivity contribution in [1.29, 1.82) is 0 Å². The molecule has 0 radical (unpaired) electrons. The first-order valence-corrected chi connectivity index (χ1v) is 37.0. The smallest absolute Gasteiger partial charge is 0.189 e. The van der Waals surface area contributed by atoms with Gasteiger partial charge < -0.3 is 9.13 Å². The average molecular weight is 1400 g/mol. The quantitative estimate of drug-likeness (QED) is 0.101. The van der Waals surface area contributed by atoms with Crippen LogP contribution in [0.4, 0.5) is 11.4 Å². The van der Waals surface area contributed by atoms with Gasteiger partial charge in [-0.1, -0.05) is 224 Å². The number of hydrogen-bond donors (Lipinski definition) is 0. The standard InChI is InChI=1S/C52H31N3.C51H30N4/c1-53-43-24-26-46-45-25-23-36(31-49(45)55(50(46)32-43)44-11-6-3-7-12-44)33-15-17-34(18-16-33)41-27-37-19-21-39-29-42(30-40-22-20-38(28-41)51(37)52(39)40)48-14-8-13-47(54-48)35-9-4-2-5-10-35;1-52-42-19-21-45-44-20-18-35(30-48(44)55(49(45)31-42)43-6-3-2-4-7-43)32-10-12-33(13-11-32)40-26-36-14-16-38-28-41(29-39-17-15-37(27-40)50(36)51(38)39)47-9-5-8-46(54-47)34-22-24-53-25-23-34/h2-32H;2-31H. The lowest BCUT2D eigenvalue weighted by Crippen LogP contribution is -1.93. The van der Waals surface area contributed by atoms with E-state index in [9.17, 15) is 0 Å². The van der Waals surface area contributed by atoms with Crippen LogP contribution >= 0.6 is 0 Å². The molecule has 0 saturated heterocycles. The Morgan fingerprint density at radius 1 is 0.209 bits per heavy atom. The highest BCUT2D eigenvalue weighted by Crippen LogP contribution is 2.45. The number of para-hydroxylation sites is 2. The predicted octanol–water partition coefficient (Wildman–Crippen LogP) is 28.0. The molecule has 17 aromatic carbocycles. The van der Waals surface area contributed by atoms with Gasteiger partial charge in [0.05, 0.1) is 47.0 Å². The maximum Gasteiger partial charge on any atom is 0.189 e. The molecule has 110 heavy (non-hydrogen) atoms. The van der Waals surface area contributed by atoms with Crippen LogP contribution in [0.3, 0.4) is 0 Å². The van der Waals surface area contributed by atoms with E-state index >= 15 is 0 Å². The van der Waals surface area contributed by atoms with Crippen molar-refractivity contribution in [2.45, 2.75) is 0 Å². The van der Waals surface area contributed by atoms with Crippen LogP contribution in [0, 0.1) is 13.1 Å². The molecule has 22 aromatic rings. The molecular weight excluding hydrogens is 1340 g/mol. The highest BCUT2D eigenvalue weighted by molar-refractivity contribution is 6.26. The molecule has 7 nitrogen and oxygen atoms in total. The maximum absolute atomic E-state index is 7.62. The number of nitrogens with zero attached hydrogens (tertiary/aromatic N) is 7. The second kappa shape index (κ2) is 25.9. The molecule has 0 saturated carbocycles. The summed E-state index contributed by atoms with van der Waals surface area (Å²) in [5.41, 5.74) is 25.4. The van der Waals surface area contributed by atoms with Crippen LogP contribution in [0.25, 0.3) is 219 Å². The van der Waals surface area contributed by atoms with Crippen molar-refractivity contribution in [2.75, 3.05) is 0 Å². The van der Waals surface area contributed by atoms with Gasteiger partial charge in [-0.25, -0.2) is 19.7 Å². The Morgan fingerprint density at radius 2 is 0.491 bits per heavy atom. The first kappa shape index (κ1) is 63.3. The summed E-state index contributed by atoms with van der Waals surface area (Å²) in [6.07, 6.45) is 3.61. The lowest BCUT2D eigenvalue weighted by molar-refractivity contribution is 1.18. The zero-order valence-corrected chi connectivity index (χ0v) is 59.3. The van der Waals surface area contributed by atoms with E-state index in [2.05, 4.69) is 327 Å². The van der Waals surface area contributed by atoms with Crippen molar-refractivity contribution in [3.05, 3.63) is 393 Å². The number of aromatic nitrogens is 5. The number of benzene rings is 17. The molecule has 0 aliphatic rings. The molecule has 0 N–H and O–H groups in total. The van der Waals surface area contributed by atoms with E-state index in [1.165, 1.54) is 97.7 Å². The van der Waals surface area contributed by atoms with Crippen molar-refractivity contribution < 1.29 is 0 Å². The van der Waals surface area contributed by atoms with Gasteiger partial charge in [0.25, 0.3) is 0 Å². The topological polar surface area (TPSA) is 57.2 Å². The molecule has 5 aromatic heterocycles. The van der Waals surface area contributed by atoms with Crippen LogP contribution in [0.5, 0.6) is 0 Å². The monoisotopic (exact) mass is 1400 g/mol. The minimum Gasteiger partial charge on any atom is -0.310 e. The summed E-state index contributed by atoms with van der Waals surface area (Å²) in [7, 11) is 0. The fraction of sp³-hybridized carbons (Fsp3) is 0. The van der Waals surface area contributed by atoms with E-state index in [1.54, 1.807) is 12.4 Å². The summed E-state index contributed by atoms with van der Waals surface area (Å²) < 4.78 is 4.56. The first-order chi connectivity index (χ1) is 54.4. The van der Waals surface area contributed by atoms with Crippen LogP contribution in [0.2, 0.25) is 0 Å². The Bertz CT molecular complexity index is 6910. The SMILES string of the molecule is [C-]#[N+]c1ccc2c3ccc(-c4ccc(-c5cc6ccc7cc(-c8cccc(-c9ccccc9)n8)cc8ccc(c5)c6c78)cc4)cc3n(-c3ccccc3)c2c1.[C-]#[N+]c1ccc2c3ccc(-c4ccc(-c5cc6ccc7cc(-c8cccc(-c9ccncc9)n8)cc8ccc(c5)c6c78)cc4)cc3n(-c3ccccc3)c2c1. The van der Waals surface area contributed by atoms with Crippen molar-refractivity contribution in [3.8, 4) is 101 Å². The van der Waals surface area contributed by atoms with Crippen molar-refractivity contribution in [3.63, 3.8) is 0 Å². The zero-order valence-electron chi connectivity index (χ0n) is 59.3. The first-order valence-electron chi connectivity index (χ1n) is 37.0. The third-order valence-electron chi connectivity index (χ3n) is 22.1. The fourth-order valence-corrected chi connectivity index (χ4v) is 16.9. The summed E-state index contributed by atoms with van der Waals surface area (Å²) in [6.45, 7) is 15.2. The van der Waals surface area contributed by atoms with Gasteiger partial charge in [-0.3, -0.25) is 4.98 Å². The van der Waals surface area contributed by atoms with Crippen molar-refractivity contribution in [2.24, 2.45) is 0 Å². The number of pyridine rings is 3. The summed E-state index contributed by atoms with van der Waals surface area (Å²) in [6, 6.07) is 127. The normalized spacial score (nSPS) is 11.6. The van der Waals surface area contributed by atoms with Gasteiger partial charge in [-0.05, 0) is 243 Å². The van der Waals surface area contributed by atoms with Crippen LogP contribution < -0.4 is 0 Å². The lowest BCUT2D eigenvalue weighted by atomic mass is 9.89.